The van der Waals surface area contributed by atoms with Gasteiger partial charge in [0.1, 0.15) is 0 Å². The van der Waals surface area contributed by atoms with Gasteiger partial charge in [-0.15, -0.1) is 0 Å². The summed E-state index contributed by atoms with van der Waals surface area (Å²) >= 11 is 0. The average molecular weight is 441 g/mol. The van der Waals surface area contributed by atoms with Crippen LogP contribution in [0, 0.1) is 17.8 Å². The van der Waals surface area contributed by atoms with Crippen molar-refractivity contribution < 1.29 is 15.0 Å². The zero-order valence-electron chi connectivity index (χ0n) is 19.3. The molecule has 2 N–H and O–H groups in total. The highest BCUT2D eigenvalue weighted by Crippen LogP contribution is 2.61. The Hall–Kier alpha value is -2.65. The molecule has 0 radical (unpaired) electrons. The minimum atomic E-state index is -0.901. The first kappa shape index (κ1) is 20.9. The summed E-state index contributed by atoms with van der Waals surface area (Å²) in [5.41, 5.74) is 5.19. The third-order valence-electron chi connectivity index (χ3n) is 8.85. The lowest BCUT2D eigenvalue weighted by atomic mass is 9.47. The van der Waals surface area contributed by atoms with Gasteiger partial charge in [0.2, 0.25) is 0 Å². The monoisotopic (exact) mass is 440 g/mol. The minimum Gasteiger partial charge on any atom is -0.478 e. The molecule has 0 saturated heterocycles. The van der Waals surface area contributed by atoms with E-state index in [-0.39, 0.29) is 5.41 Å². The number of hydrogen-bond acceptors (Lipinski definition) is 2. The second kappa shape index (κ2) is 7.70. The molecule has 170 valence electrons. The molecule has 4 fully saturated rings. The normalized spacial score (nSPS) is 28.8. The van der Waals surface area contributed by atoms with Crippen molar-refractivity contribution in [1.82, 2.24) is 0 Å². The number of benzene rings is 3. The van der Waals surface area contributed by atoms with Crippen LogP contribution in [0.4, 0.5) is 0 Å². The molecular weight excluding hydrogens is 408 g/mol. The molecule has 0 spiro atoms. The number of aromatic carboxylic acids is 1. The molecule has 0 aliphatic heterocycles. The van der Waals surface area contributed by atoms with Gasteiger partial charge in [0.05, 0.1) is 11.7 Å². The van der Waals surface area contributed by atoms with Gasteiger partial charge in [-0.1, -0.05) is 37.3 Å². The van der Waals surface area contributed by atoms with Gasteiger partial charge in [0, 0.05) is 0 Å². The van der Waals surface area contributed by atoms with Crippen LogP contribution in [0.2, 0.25) is 0 Å². The average Bonchev–Trinajstić information content (AvgIpc) is 2.81. The van der Waals surface area contributed by atoms with Crippen LogP contribution in [-0.2, 0) is 5.41 Å². The maximum atomic E-state index is 11.3. The standard InChI is InChI=1S/C30H32O3/c1-2-28(31)26-13-23-4-3-5-24(21-6-8-22(9-7-21)29(32)33)25(23)14-27(26)30-15-18-10-19(16-30)12-20(11-18)17-30/h3-9,13-14,18-20,28,31H,2,10-12,15-17H2,1H3,(H,32,33). The Morgan fingerprint density at radius 1 is 0.970 bits per heavy atom. The predicted molar refractivity (Wildman–Crippen MR) is 131 cm³/mol. The fourth-order valence-electron chi connectivity index (χ4n) is 7.78. The van der Waals surface area contributed by atoms with Crippen molar-refractivity contribution in [2.45, 2.75) is 63.4 Å². The quantitative estimate of drug-likeness (QED) is 0.444. The van der Waals surface area contributed by atoms with Crippen molar-refractivity contribution in [2.75, 3.05) is 0 Å². The van der Waals surface area contributed by atoms with Gasteiger partial charge in [-0.2, -0.15) is 0 Å². The number of carboxylic acid groups (broad SMARTS) is 1. The largest absolute Gasteiger partial charge is 0.478 e. The molecule has 7 rings (SSSR count). The van der Waals surface area contributed by atoms with E-state index in [1.807, 2.05) is 12.1 Å². The summed E-state index contributed by atoms with van der Waals surface area (Å²) in [6.07, 6.45) is 8.30. The molecule has 1 atom stereocenters. The van der Waals surface area contributed by atoms with Crippen LogP contribution >= 0.6 is 0 Å². The van der Waals surface area contributed by atoms with Crippen molar-refractivity contribution in [3.63, 3.8) is 0 Å². The fraction of sp³-hybridized carbons (Fsp3) is 0.433. The highest BCUT2D eigenvalue weighted by Gasteiger charge is 2.52. The van der Waals surface area contributed by atoms with Gasteiger partial charge >= 0.3 is 5.97 Å². The van der Waals surface area contributed by atoms with E-state index >= 15 is 0 Å². The smallest absolute Gasteiger partial charge is 0.335 e. The van der Waals surface area contributed by atoms with E-state index in [4.69, 9.17) is 0 Å². The molecule has 33 heavy (non-hydrogen) atoms. The lowest BCUT2D eigenvalue weighted by molar-refractivity contribution is -0.00659. The summed E-state index contributed by atoms with van der Waals surface area (Å²) in [6.45, 7) is 2.07. The number of aliphatic hydroxyl groups excluding tert-OH is 1. The van der Waals surface area contributed by atoms with Crippen molar-refractivity contribution in [2.24, 2.45) is 17.8 Å². The van der Waals surface area contributed by atoms with Gasteiger partial charge in [-0.25, -0.2) is 4.79 Å². The zero-order valence-corrected chi connectivity index (χ0v) is 19.3. The highest BCUT2D eigenvalue weighted by molar-refractivity contribution is 5.98. The molecule has 0 aromatic heterocycles. The van der Waals surface area contributed by atoms with E-state index in [2.05, 4.69) is 37.3 Å². The van der Waals surface area contributed by atoms with Crippen LogP contribution < -0.4 is 0 Å². The van der Waals surface area contributed by atoms with Crippen LogP contribution in [0.5, 0.6) is 0 Å². The predicted octanol–water partition coefficient (Wildman–Crippen LogP) is 7.12. The molecule has 3 heteroatoms. The molecule has 4 saturated carbocycles. The summed E-state index contributed by atoms with van der Waals surface area (Å²) in [5.74, 6) is 1.63. The molecule has 0 amide bonds. The highest BCUT2D eigenvalue weighted by atomic mass is 16.4. The summed E-state index contributed by atoms with van der Waals surface area (Å²) in [4.78, 5) is 11.3. The van der Waals surface area contributed by atoms with Crippen molar-refractivity contribution in [3.05, 3.63) is 71.3 Å². The number of carboxylic acids is 1. The Bertz CT molecular complexity index is 1190. The lowest BCUT2D eigenvalue weighted by Crippen LogP contribution is -2.49. The van der Waals surface area contributed by atoms with Crippen molar-refractivity contribution in [3.8, 4) is 11.1 Å². The van der Waals surface area contributed by atoms with Crippen LogP contribution in [0.25, 0.3) is 21.9 Å². The zero-order chi connectivity index (χ0) is 22.7. The molecule has 3 aromatic rings. The Balaban J connectivity index is 1.54. The third kappa shape index (κ3) is 3.40. The van der Waals surface area contributed by atoms with Crippen molar-refractivity contribution >= 4 is 16.7 Å². The Labute approximate surface area is 195 Å². The van der Waals surface area contributed by atoms with Crippen LogP contribution in [0.3, 0.4) is 0 Å². The molecule has 4 aliphatic carbocycles. The fourth-order valence-corrected chi connectivity index (χ4v) is 7.78. The summed E-state index contributed by atoms with van der Waals surface area (Å²) in [6, 6.07) is 18.2. The lowest BCUT2D eigenvalue weighted by Gasteiger charge is -2.57. The summed E-state index contributed by atoms with van der Waals surface area (Å²) in [5, 5.41) is 22.7. The van der Waals surface area contributed by atoms with Crippen LogP contribution in [0.15, 0.2) is 54.6 Å². The molecule has 1 unspecified atom stereocenters. The SMILES string of the molecule is CCC(O)c1cc2cccc(-c3ccc(C(=O)O)cc3)c2cc1C12CC3CC(CC(C3)C1)C2. The van der Waals surface area contributed by atoms with E-state index in [0.29, 0.717) is 5.56 Å². The number of aliphatic hydroxyl groups is 1. The van der Waals surface area contributed by atoms with Gasteiger partial charge < -0.3 is 10.2 Å². The molecule has 3 aromatic carbocycles. The molecule has 4 bridgehead atoms. The van der Waals surface area contributed by atoms with E-state index < -0.39 is 12.1 Å². The maximum absolute atomic E-state index is 11.3. The third-order valence-corrected chi connectivity index (χ3v) is 8.85. The first-order valence-corrected chi connectivity index (χ1v) is 12.5. The van der Waals surface area contributed by atoms with Gasteiger partial charge in [0.15, 0.2) is 0 Å². The Morgan fingerprint density at radius 3 is 2.18 bits per heavy atom. The molecule has 4 aliphatic rings. The first-order chi connectivity index (χ1) is 16.0. The number of fused-ring (bicyclic) bond motifs is 1. The topological polar surface area (TPSA) is 57.5 Å². The number of rotatable bonds is 5. The van der Waals surface area contributed by atoms with Gasteiger partial charge in [-0.05, 0) is 125 Å². The van der Waals surface area contributed by atoms with E-state index in [1.165, 1.54) is 49.5 Å². The first-order valence-electron chi connectivity index (χ1n) is 12.5. The van der Waals surface area contributed by atoms with Crippen LogP contribution in [0.1, 0.15) is 79.5 Å². The second-order valence-electron chi connectivity index (χ2n) is 11.0. The molecule has 0 heterocycles. The van der Waals surface area contributed by atoms with Gasteiger partial charge in [-0.3, -0.25) is 0 Å². The molecule has 3 nitrogen and oxygen atoms in total. The molecular formula is C30H32O3. The summed E-state index contributed by atoms with van der Waals surface area (Å²) < 4.78 is 0. The summed E-state index contributed by atoms with van der Waals surface area (Å²) in [7, 11) is 0. The van der Waals surface area contributed by atoms with E-state index in [0.717, 1.165) is 46.3 Å². The Kier molecular flexibility index (Phi) is 4.88. The van der Waals surface area contributed by atoms with Crippen LogP contribution in [-0.4, -0.2) is 16.2 Å². The van der Waals surface area contributed by atoms with E-state index in [9.17, 15) is 15.0 Å². The van der Waals surface area contributed by atoms with Gasteiger partial charge in [0.25, 0.3) is 0 Å². The number of hydrogen-bond donors (Lipinski definition) is 2. The Morgan fingerprint density at radius 2 is 1.61 bits per heavy atom. The minimum absolute atomic E-state index is 0.203. The van der Waals surface area contributed by atoms with Crippen molar-refractivity contribution in [1.29, 1.82) is 0 Å². The second-order valence-corrected chi connectivity index (χ2v) is 11.0. The van der Waals surface area contributed by atoms with E-state index in [1.54, 1.807) is 12.1 Å². The number of carbonyl (C=O) groups is 1. The maximum Gasteiger partial charge on any atom is 0.335 e.